The van der Waals surface area contributed by atoms with Crippen LogP contribution in [0, 0.1) is 0 Å². The molecular weight excluding hydrogens is 200 g/mol. The zero-order valence-corrected chi connectivity index (χ0v) is 9.84. The lowest BCUT2D eigenvalue weighted by atomic mass is 10.2. The smallest absolute Gasteiger partial charge is 0.142 e. The van der Waals surface area contributed by atoms with Gasteiger partial charge in [0.15, 0.2) is 0 Å². The Morgan fingerprint density at radius 3 is 2.81 bits per heavy atom. The van der Waals surface area contributed by atoms with Crippen molar-refractivity contribution >= 4 is 16.6 Å². The van der Waals surface area contributed by atoms with Gasteiger partial charge in [0.2, 0.25) is 0 Å². The second kappa shape index (κ2) is 4.47. The van der Waals surface area contributed by atoms with Crippen molar-refractivity contribution in [1.29, 1.82) is 0 Å². The highest BCUT2D eigenvalue weighted by Crippen LogP contribution is 2.28. The molecule has 3 heteroatoms. The van der Waals surface area contributed by atoms with Crippen molar-refractivity contribution in [2.45, 2.75) is 26.2 Å². The Morgan fingerprint density at radius 2 is 2.12 bits per heavy atom. The second-order valence-electron chi connectivity index (χ2n) is 4.08. The number of benzene rings is 1. The number of anilines is 1. The highest BCUT2D eigenvalue weighted by atomic mass is 16.5. The Kier molecular flexibility index (Phi) is 3.04. The molecular formula is C13H18N2O. The predicted molar refractivity (Wildman–Crippen MR) is 67.9 cm³/mol. The van der Waals surface area contributed by atoms with Crippen molar-refractivity contribution < 1.29 is 4.74 Å². The highest BCUT2D eigenvalue weighted by Gasteiger charge is 2.05. The molecule has 1 aromatic carbocycles. The summed E-state index contributed by atoms with van der Waals surface area (Å²) in [5, 5.41) is 1.16. The Bertz CT molecular complexity index is 488. The predicted octanol–water partition coefficient (Wildman–Crippen LogP) is 3.10. The van der Waals surface area contributed by atoms with Crippen LogP contribution in [0.2, 0.25) is 0 Å². The fraction of sp³-hybridized carbons (Fsp3) is 0.385. The number of aromatic nitrogens is 1. The highest BCUT2D eigenvalue weighted by molar-refractivity contribution is 5.86. The van der Waals surface area contributed by atoms with Gasteiger partial charge in [-0.2, -0.15) is 0 Å². The molecule has 1 aromatic heterocycles. The first kappa shape index (κ1) is 10.9. The van der Waals surface area contributed by atoms with Gasteiger partial charge in [0.1, 0.15) is 5.75 Å². The maximum atomic E-state index is 5.86. The molecule has 2 aromatic rings. The molecule has 2 rings (SSSR count). The average Bonchev–Trinajstić information content (AvgIpc) is 2.66. The summed E-state index contributed by atoms with van der Waals surface area (Å²) in [5.74, 6) is 0.744. The number of ether oxygens (including phenoxy) is 1. The minimum atomic E-state index is 0.680. The number of hydrogen-bond acceptors (Lipinski definition) is 2. The molecule has 0 aliphatic rings. The number of fused-ring (bicyclic) bond motifs is 1. The lowest BCUT2D eigenvalue weighted by molar-refractivity contribution is 0.417. The Hall–Kier alpha value is -1.64. The summed E-state index contributed by atoms with van der Waals surface area (Å²) >= 11 is 0. The molecule has 0 aliphatic carbocycles. The number of nitrogen functional groups attached to an aromatic ring is 1. The molecule has 0 saturated carbocycles. The lowest BCUT2D eigenvalue weighted by Crippen LogP contribution is -1.91. The second-order valence-corrected chi connectivity index (χ2v) is 4.08. The van der Waals surface area contributed by atoms with Crippen LogP contribution in [-0.4, -0.2) is 12.1 Å². The third kappa shape index (κ3) is 1.98. The van der Waals surface area contributed by atoms with Crippen LogP contribution in [-0.2, 0) is 6.42 Å². The normalized spacial score (nSPS) is 10.9. The molecule has 0 atom stereocenters. The minimum absolute atomic E-state index is 0.680. The number of unbranched alkanes of at least 4 members (excludes halogenated alkanes) is 1. The molecule has 16 heavy (non-hydrogen) atoms. The number of methoxy groups -OCH3 is 1. The topological polar surface area (TPSA) is 51.0 Å². The van der Waals surface area contributed by atoms with Crippen molar-refractivity contribution in [3.63, 3.8) is 0 Å². The Labute approximate surface area is 95.6 Å². The fourth-order valence-corrected chi connectivity index (χ4v) is 1.92. The van der Waals surface area contributed by atoms with Crippen LogP contribution < -0.4 is 10.5 Å². The monoisotopic (exact) mass is 218 g/mol. The maximum Gasteiger partial charge on any atom is 0.142 e. The summed E-state index contributed by atoms with van der Waals surface area (Å²) < 4.78 is 5.20. The number of nitrogens with one attached hydrogen (secondary N) is 1. The van der Waals surface area contributed by atoms with Gasteiger partial charge in [-0.25, -0.2) is 0 Å². The van der Waals surface area contributed by atoms with E-state index in [9.17, 15) is 0 Å². The molecule has 0 bridgehead atoms. The zero-order chi connectivity index (χ0) is 11.5. The summed E-state index contributed by atoms with van der Waals surface area (Å²) in [6.07, 6.45) is 3.51. The van der Waals surface area contributed by atoms with E-state index in [4.69, 9.17) is 10.5 Å². The van der Waals surface area contributed by atoms with Gasteiger partial charge in [-0.05, 0) is 31.0 Å². The van der Waals surface area contributed by atoms with Crippen LogP contribution in [0.1, 0.15) is 25.5 Å². The van der Waals surface area contributed by atoms with E-state index in [-0.39, 0.29) is 0 Å². The number of rotatable bonds is 4. The molecule has 0 aliphatic heterocycles. The van der Waals surface area contributed by atoms with Crippen molar-refractivity contribution in [3.05, 3.63) is 23.9 Å². The van der Waals surface area contributed by atoms with Crippen LogP contribution in [0.15, 0.2) is 18.2 Å². The molecule has 0 fully saturated rings. The van der Waals surface area contributed by atoms with E-state index in [1.807, 2.05) is 12.1 Å². The molecule has 0 amide bonds. The fourth-order valence-electron chi connectivity index (χ4n) is 1.92. The number of H-pyrrole nitrogens is 1. The number of aryl methyl sites for hydroxylation is 1. The standard InChI is InChI=1S/C13H18N2O/c1-3-4-5-10-6-9-7-13(16-2)11(14)8-12(9)15-10/h6-8,15H,3-5,14H2,1-2H3. The maximum absolute atomic E-state index is 5.86. The number of nitrogens with two attached hydrogens (primary N) is 1. The van der Waals surface area contributed by atoms with Gasteiger partial charge < -0.3 is 15.5 Å². The van der Waals surface area contributed by atoms with E-state index in [2.05, 4.69) is 18.0 Å². The Morgan fingerprint density at radius 1 is 1.31 bits per heavy atom. The summed E-state index contributed by atoms with van der Waals surface area (Å²) in [4.78, 5) is 3.39. The molecule has 1 heterocycles. The molecule has 0 radical (unpaired) electrons. The third-order valence-electron chi connectivity index (χ3n) is 2.83. The van der Waals surface area contributed by atoms with Crippen LogP contribution >= 0.6 is 0 Å². The molecule has 0 saturated heterocycles. The largest absolute Gasteiger partial charge is 0.495 e. The van der Waals surface area contributed by atoms with Crippen molar-refractivity contribution in [3.8, 4) is 5.75 Å². The van der Waals surface area contributed by atoms with E-state index >= 15 is 0 Å². The van der Waals surface area contributed by atoms with Crippen molar-refractivity contribution in [2.75, 3.05) is 12.8 Å². The number of hydrogen-bond donors (Lipinski definition) is 2. The van der Waals surface area contributed by atoms with Gasteiger partial charge in [-0.1, -0.05) is 13.3 Å². The van der Waals surface area contributed by atoms with E-state index < -0.39 is 0 Å². The summed E-state index contributed by atoms with van der Waals surface area (Å²) in [6.45, 7) is 2.20. The summed E-state index contributed by atoms with van der Waals surface area (Å²) in [5.41, 5.74) is 8.90. The first-order chi connectivity index (χ1) is 7.74. The molecule has 3 nitrogen and oxygen atoms in total. The summed E-state index contributed by atoms with van der Waals surface area (Å²) in [6, 6.07) is 6.09. The SMILES string of the molecule is CCCCc1cc2cc(OC)c(N)cc2[nH]1. The van der Waals surface area contributed by atoms with E-state index in [1.165, 1.54) is 18.5 Å². The van der Waals surface area contributed by atoms with E-state index in [0.29, 0.717) is 5.69 Å². The quantitative estimate of drug-likeness (QED) is 0.775. The first-order valence-electron chi connectivity index (χ1n) is 5.69. The molecule has 0 unspecified atom stereocenters. The van der Waals surface area contributed by atoms with Crippen molar-refractivity contribution in [2.24, 2.45) is 0 Å². The average molecular weight is 218 g/mol. The molecule has 86 valence electrons. The van der Waals surface area contributed by atoms with Crippen LogP contribution in [0.5, 0.6) is 5.75 Å². The zero-order valence-electron chi connectivity index (χ0n) is 9.84. The molecule has 3 N–H and O–H groups in total. The minimum Gasteiger partial charge on any atom is -0.495 e. The molecule has 0 spiro atoms. The van der Waals surface area contributed by atoms with Gasteiger partial charge in [-0.15, -0.1) is 0 Å². The van der Waals surface area contributed by atoms with Gasteiger partial charge in [0, 0.05) is 16.6 Å². The van der Waals surface area contributed by atoms with Crippen LogP contribution in [0.4, 0.5) is 5.69 Å². The van der Waals surface area contributed by atoms with Crippen LogP contribution in [0.3, 0.4) is 0 Å². The van der Waals surface area contributed by atoms with Gasteiger partial charge >= 0.3 is 0 Å². The Balaban J connectivity index is 2.37. The van der Waals surface area contributed by atoms with Gasteiger partial charge in [0.25, 0.3) is 0 Å². The van der Waals surface area contributed by atoms with Crippen LogP contribution in [0.25, 0.3) is 10.9 Å². The van der Waals surface area contributed by atoms with E-state index in [0.717, 1.165) is 23.1 Å². The lowest BCUT2D eigenvalue weighted by Gasteiger charge is -2.03. The third-order valence-corrected chi connectivity index (χ3v) is 2.83. The first-order valence-corrected chi connectivity index (χ1v) is 5.69. The van der Waals surface area contributed by atoms with E-state index in [1.54, 1.807) is 7.11 Å². The van der Waals surface area contributed by atoms with Crippen molar-refractivity contribution in [1.82, 2.24) is 4.98 Å². The summed E-state index contributed by atoms with van der Waals surface area (Å²) in [7, 11) is 1.64. The van der Waals surface area contributed by atoms with Gasteiger partial charge in [0.05, 0.1) is 12.8 Å². The van der Waals surface area contributed by atoms with Gasteiger partial charge in [-0.3, -0.25) is 0 Å². The number of aromatic amines is 1.